The molecule has 0 radical (unpaired) electrons. The number of carbonyl (C=O) groups excluding carboxylic acids is 3. The quantitative estimate of drug-likeness (QED) is 0.684. The predicted molar refractivity (Wildman–Crippen MR) is 102 cm³/mol. The second-order valence-electron chi connectivity index (χ2n) is 9.60. The Morgan fingerprint density at radius 3 is 2.44 bits per heavy atom. The lowest BCUT2D eigenvalue weighted by Gasteiger charge is -2.57. The van der Waals surface area contributed by atoms with E-state index in [4.69, 9.17) is 4.74 Å². The Morgan fingerprint density at radius 1 is 1.07 bits per heavy atom. The first-order chi connectivity index (χ1) is 12.6. The fourth-order valence-corrected chi connectivity index (χ4v) is 7.06. The molecule has 4 aliphatic carbocycles. The van der Waals surface area contributed by atoms with E-state index in [9.17, 15) is 14.4 Å². The molecule has 0 bridgehead atoms. The van der Waals surface area contributed by atoms with Crippen molar-refractivity contribution in [2.45, 2.75) is 71.8 Å². The van der Waals surface area contributed by atoms with Gasteiger partial charge in [-0.15, -0.1) is 0 Å². The van der Waals surface area contributed by atoms with E-state index >= 15 is 0 Å². The van der Waals surface area contributed by atoms with E-state index in [1.165, 1.54) is 12.5 Å². The van der Waals surface area contributed by atoms with Crippen LogP contribution in [0.1, 0.15) is 66.2 Å². The van der Waals surface area contributed by atoms with E-state index < -0.39 is 5.60 Å². The van der Waals surface area contributed by atoms with Crippen molar-refractivity contribution in [1.82, 2.24) is 0 Å². The first kappa shape index (κ1) is 18.6. The van der Waals surface area contributed by atoms with Crippen molar-refractivity contribution < 1.29 is 19.1 Å². The summed E-state index contributed by atoms with van der Waals surface area (Å²) in [5.41, 5.74) is -0.0864. The fourth-order valence-electron chi connectivity index (χ4n) is 7.06. The molecule has 0 spiro atoms. The number of Topliss-reactive ketones (excluding diaryl/α,β-unsaturated/α-hetero) is 1. The Hall–Kier alpha value is -1.71. The van der Waals surface area contributed by atoms with Crippen molar-refractivity contribution in [2.75, 3.05) is 0 Å². The van der Waals surface area contributed by atoms with Crippen LogP contribution in [-0.2, 0) is 19.1 Å². The summed E-state index contributed by atoms with van der Waals surface area (Å²) in [7, 11) is 0. The molecule has 0 aromatic carbocycles. The summed E-state index contributed by atoms with van der Waals surface area (Å²) in [4.78, 5) is 36.5. The van der Waals surface area contributed by atoms with Crippen LogP contribution in [0.15, 0.2) is 23.8 Å². The van der Waals surface area contributed by atoms with Crippen molar-refractivity contribution in [1.29, 1.82) is 0 Å². The van der Waals surface area contributed by atoms with Gasteiger partial charge in [-0.05, 0) is 73.8 Å². The maximum Gasteiger partial charge on any atom is 0.303 e. The maximum atomic E-state index is 12.7. The highest BCUT2D eigenvalue weighted by Gasteiger charge is 2.67. The highest BCUT2D eigenvalue weighted by molar-refractivity contribution is 5.92. The number of esters is 1. The minimum Gasteiger partial charge on any atom is -0.451 e. The highest BCUT2D eigenvalue weighted by Crippen LogP contribution is 2.67. The van der Waals surface area contributed by atoms with E-state index in [-0.39, 0.29) is 28.4 Å². The summed E-state index contributed by atoms with van der Waals surface area (Å²) < 4.78 is 5.79. The molecule has 0 saturated heterocycles. The largest absolute Gasteiger partial charge is 0.451 e. The van der Waals surface area contributed by atoms with Gasteiger partial charge in [-0.2, -0.15) is 0 Å². The third-order valence-corrected chi connectivity index (χ3v) is 8.52. The zero-order valence-electron chi connectivity index (χ0n) is 16.8. The number of hydrogen-bond donors (Lipinski definition) is 0. The normalized spacial score (nSPS) is 45.4. The zero-order valence-corrected chi connectivity index (χ0v) is 16.8. The lowest BCUT2D eigenvalue weighted by molar-refractivity contribution is -0.185. The third kappa shape index (κ3) is 2.37. The topological polar surface area (TPSA) is 60.4 Å². The van der Waals surface area contributed by atoms with Crippen LogP contribution in [-0.4, -0.2) is 23.1 Å². The summed E-state index contributed by atoms with van der Waals surface area (Å²) in [6.07, 6.45) is 11.2. The van der Waals surface area contributed by atoms with Gasteiger partial charge in [-0.1, -0.05) is 26.0 Å². The molecule has 27 heavy (non-hydrogen) atoms. The van der Waals surface area contributed by atoms with Gasteiger partial charge in [0.1, 0.15) is 0 Å². The molecule has 0 aliphatic heterocycles. The number of ketones is 2. The number of fused-ring (bicyclic) bond motifs is 5. The molecule has 0 heterocycles. The minimum atomic E-state index is -0.984. The SMILES string of the molecule is CC(=O)O[C@]1(C(C)=O)CC[C@@H]2[C@H]3C=CC4=CC(=O)CC[C@]4(C)[C@H]3CC[C@@]21C. The first-order valence-corrected chi connectivity index (χ1v) is 10.3. The Labute approximate surface area is 161 Å². The average Bonchev–Trinajstić information content (AvgIpc) is 2.89. The fraction of sp³-hybridized carbons (Fsp3) is 0.696. The number of ether oxygens (including phenoxy) is 1. The van der Waals surface area contributed by atoms with E-state index in [2.05, 4.69) is 26.0 Å². The van der Waals surface area contributed by atoms with Crippen LogP contribution in [0.4, 0.5) is 0 Å². The molecule has 0 amide bonds. The van der Waals surface area contributed by atoms with Crippen LogP contribution in [0.25, 0.3) is 0 Å². The number of allylic oxidation sites excluding steroid dienone is 4. The van der Waals surface area contributed by atoms with Crippen LogP contribution in [0, 0.1) is 28.6 Å². The molecule has 0 aromatic rings. The van der Waals surface area contributed by atoms with Crippen LogP contribution in [0.5, 0.6) is 0 Å². The molecule has 2 saturated carbocycles. The molecule has 6 atom stereocenters. The van der Waals surface area contributed by atoms with Gasteiger partial charge >= 0.3 is 5.97 Å². The zero-order chi connectivity index (χ0) is 19.6. The molecule has 4 nitrogen and oxygen atoms in total. The Bertz CT molecular complexity index is 777. The van der Waals surface area contributed by atoms with Crippen LogP contribution in [0.3, 0.4) is 0 Å². The van der Waals surface area contributed by atoms with Gasteiger partial charge in [-0.3, -0.25) is 14.4 Å². The van der Waals surface area contributed by atoms with E-state index in [0.717, 1.165) is 25.7 Å². The molecule has 146 valence electrons. The van der Waals surface area contributed by atoms with Crippen molar-refractivity contribution in [3.63, 3.8) is 0 Å². The Morgan fingerprint density at radius 2 is 1.78 bits per heavy atom. The van der Waals surface area contributed by atoms with E-state index in [1.54, 1.807) is 6.92 Å². The smallest absolute Gasteiger partial charge is 0.303 e. The van der Waals surface area contributed by atoms with Gasteiger partial charge in [0.25, 0.3) is 0 Å². The Balaban J connectivity index is 1.75. The summed E-state index contributed by atoms with van der Waals surface area (Å²) >= 11 is 0. The van der Waals surface area contributed by atoms with E-state index in [0.29, 0.717) is 30.6 Å². The van der Waals surface area contributed by atoms with Gasteiger partial charge in [0.05, 0.1) is 0 Å². The molecule has 0 unspecified atom stereocenters. The second-order valence-corrected chi connectivity index (χ2v) is 9.60. The summed E-state index contributed by atoms with van der Waals surface area (Å²) in [5, 5.41) is 0. The van der Waals surface area contributed by atoms with Crippen molar-refractivity contribution in [3.8, 4) is 0 Å². The summed E-state index contributed by atoms with van der Waals surface area (Å²) in [6.45, 7) is 7.46. The van der Waals surface area contributed by atoms with Crippen LogP contribution >= 0.6 is 0 Å². The lowest BCUT2D eigenvalue weighted by atomic mass is 9.48. The molecular formula is C23H30O4. The van der Waals surface area contributed by atoms with Crippen molar-refractivity contribution in [3.05, 3.63) is 23.8 Å². The number of rotatable bonds is 2. The van der Waals surface area contributed by atoms with Crippen LogP contribution < -0.4 is 0 Å². The highest BCUT2D eigenvalue weighted by atomic mass is 16.6. The molecule has 0 aromatic heterocycles. The molecule has 4 rings (SSSR count). The summed E-state index contributed by atoms with van der Waals surface area (Å²) in [5.74, 6) is 1.03. The van der Waals surface area contributed by atoms with Gasteiger partial charge in [0, 0.05) is 18.8 Å². The molecule has 4 heteroatoms. The van der Waals surface area contributed by atoms with Gasteiger partial charge in [-0.25, -0.2) is 0 Å². The third-order valence-electron chi connectivity index (χ3n) is 8.52. The number of hydrogen-bond acceptors (Lipinski definition) is 4. The predicted octanol–water partition coefficient (Wildman–Crippen LogP) is 4.19. The molecule has 2 fully saturated rings. The number of carbonyl (C=O) groups is 3. The second kappa shape index (κ2) is 5.89. The van der Waals surface area contributed by atoms with Crippen LogP contribution in [0.2, 0.25) is 0 Å². The molecular weight excluding hydrogens is 340 g/mol. The lowest BCUT2D eigenvalue weighted by Crippen LogP contribution is -2.58. The standard InChI is InChI=1S/C23H30O4/c1-14(24)23(27-15(2)25)12-9-20-18-6-5-16-13-17(26)7-10-21(16,3)19(18)8-11-22(20,23)4/h5-6,13,18-20H,7-12H2,1-4H3/t18-,19-,20+,21-,22-,23-/m0/s1. The van der Waals surface area contributed by atoms with E-state index in [1.807, 2.05) is 6.08 Å². The average molecular weight is 370 g/mol. The molecule has 0 N–H and O–H groups in total. The summed E-state index contributed by atoms with van der Waals surface area (Å²) in [6, 6.07) is 0. The van der Waals surface area contributed by atoms with Gasteiger partial charge < -0.3 is 4.74 Å². The first-order valence-electron chi connectivity index (χ1n) is 10.3. The van der Waals surface area contributed by atoms with Gasteiger partial charge in [0.15, 0.2) is 17.2 Å². The van der Waals surface area contributed by atoms with Gasteiger partial charge in [0.2, 0.25) is 0 Å². The maximum absolute atomic E-state index is 12.7. The monoisotopic (exact) mass is 370 g/mol. The van der Waals surface area contributed by atoms with Crippen molar-refractivity contribution >= 4 is 17.5 Å². The van der Waals surface area contributed by atoms with Crippen molar-refractivity contribution in [2.24, 2.45) is 28.6 Å². The Kier molecular flexibility index (Phi) is 4.07. The minimum absolute atomic E-state index is 0.0176. The molecule has 4 aliphatic rings.